The Labute approximate surface area is 265 Å². The van der Waals surface area contributed by atoms with Crippen LogP contribution in [0.25, 0.3) is 11.1 Å². The third kappa shape index (κ3) is 8.97. The fourth-order valence-corrected chi connectivity index (χ4v) is 6.43. The lowest BCUT2D eigenvalue weighted by molar-refractivity contribution is -0.149. The molecule has 3 aromatic carbocycles. The predicted octanol–water partition coefficient (Wildman–Crippen LogP) is 8.38. The number of ether oxygens (including phenoxy) is 1. The lowest BCUT2D eigenvalue weighted by Crippen LogP contribution is -2.47. The summed E-state index contributed by atoms with van der Waals surface area (Å²) in [5.41, 5.74) is 1.81. The summed E-state index contributed by atoms with van der Waals surface area (Å²) in [6.07, 6.45) is -0.750. The number of esters is 1. The Hall–Kier alpha value is -3.65. The van der Waals surface area contributed by atoms with Crippen molar-refractivity contribution in [2.75, 3.05) is 26.2 Å². The van der Waals surface area contributed by atoms with Gasteiger partial charge in [0, 0.05) is 36.7 Å². The molecule has 0 spiro atoms. The smallest absolute Gasteiger partial charge is 0.416 e. The molecule has 1 atom stereocenters. The summed E-state index contributed by atoms with van der Waals surface area (Å²) in [4.78, 5) is 30.8. The summed E-state index contributed by atoms with van der Waals surface area (Å²) in [5.74, 6) is -0.278. The Morgan fingerprint density at radius 3 is 2.13 bits per heavy atom. The van der Waals surface area contributed by atoms with E-state index in [1.807, 2.05) is 43.9 Å². The van der Waals surface area contributed by atoms with Crippen molar-refractivity contribution in [3.8, 4) is 11.1 Å². The molecule has 4 rings (SSSR count). The molecule has 1 aliphatic rings. The molecule has 1 heterocycles. The maximum atomic E-state index is 13.8. The van der Waals surface area contributed by atoms with Gasteiger partial charge in [-0.2, -0.15) is 13.2 Å². The van der Waals surface area contributed by atoms with Crippen molar-refractivity contribution in [3.05, 3.63) is 95.6 Å². The Bertz CT molecular complexity index is 1400. The zero-order valence-electron chi connectivity index (χ0n) is 26.8. The van der Waals surface area contributed by atoms with Gasteiger partial charge in [-0.1, -0.05) is 67.6 Å². The molecule has 0 saturated carbocycles. The summed E-state index contributed by atoms with van der Waals surface area (Å²) >= 11 is 0. The molecule has 1 fully saturated rings. The number of hydrogen-bond acceptors (Lipinski definition) is 4. The van der Waals surface area contributed by atoms with Crippen LogP contribution < -0.4 is 0 Å². The van der Waals surface area contributed by atoms with E-state index < -0.39 is 11.7 Å². The van der Waals surface area contributed by atoms with Gasteiger partial charge < -0.3 is 14.5 Å². The van der Waals surface area contributed by atoms with Gasteiger partial charge in [0.1, 0.15) is 0 Å². The average Bonchev–Trinajstić information content (AvgIpc) is 3.01. The van der Waals surface area contributed by atoms with E-state index in [0.717, 1.165) is 63.0 Å². The molecule has 0 aliphatic carbocycles. The summed E-state index contributed by atoms with van der Waals surface area (Å²) < 4.78 is 44.8. The highest BCUT2D eigenvalue weighted by Crippen LogP contribution is 2.35. The van der Waals surface area contributed by atoms with Crippen LogP contribution in [0.3, 0.4) is 0 Å². The second kappa shape index (κ2) is 15.1. The van der Waals surface area contributed by atoms with Crippen molar-refractivity contribution in [2.45, 2.75) is 83.5 Å². The third-order valence-corrected chi connectivity index (χ3v) is 8.86. The van der Waals surface area contributed by atoms with E-state index in [1.165, 1.54) is 12.1 Å². The fraction of sp³-hybridized carbons (Fsp3) is 0.459. The van der Waals surface area contributed by atoms with E-state index in [1.54, 1.807) is 24.3 Å². The number of carbonyl (C=O) groups excluding carboxylic acids is 2. The minimum absolute atomic E-state index is 0.0831. The lowest BCUT2D eigenvalue weighted by atomic mass is 9.76. The maximum Gasteiger partial charge on any atom is 0.416 e. The Kier molecular flexibility index (Phi) is 11.5. The SMILES string of the molecule is CCN(C(=O)c1ccccc1-c1ccc(C(F)(F)F)cc1)C1CCN(CCCC(C)(CC(=O)OC(C)C)c2ccccc2)CC1. The van der Waals surface area contributed by atoms with Crippen molar-refractivity contribution >= 4 is 11.9 Å². The summed E-state index contributed by atoms with van der Waals surface area (Å²) in [6, 6.07) is 22.4. The molecule has 0 N–H and O–H groups in total. The molecular weight excluding hydrogens is 577 g/mol. The van der Waals surface area contributed by atoms with Crippen LogP contribution in [-0.2, 0) is 21.1 Å². The van der Waals surface area contributed by atoms with Crippen molar-refractivity contribution in [2.24, 2.45) is 0 Å². The van der Waals surface area contributed by atoms with Crippen LogP contribution in [0.4, 0.5) is 13.2 Å². The van der Waals surface area contributed by atoms with Crippen LogP contribution in [0.1, 0.15) is 81.3 Å². The van der Waals surface area contributed by atoms with Crippen LogP contribution in [-0.4, -0.2) is 60.0 Å². The van der Waals surface area contributed by atoms with Gasteiger partial charge >= 0.3 is 12.1 Å². The van der Waals surface area contributed by atoms with Crippen molar-refractivity contribution in [1.82, 2.24) is 9.80 Å². The van der Waals surface area contributed by atoms with E-state index in [0.29, 0.717) is 29.7 Å². The predicted molar refractivity (Wildman–Crippen MR) is 172 cm³/mol. The van der Waals surface area contributed by atoms with Gasteiger partial charge in [-0.25, -0.2) is 0 Å². The first-order chi connectivity index (χ1) is 21.4. The molecule has 3 aromatic rings. The van der Waals surface area contributed by atoms with Crippen LogP contribution in [0, 0.1) is 0 Å². The molecule has 1 saturated heterocycles. The first kappa shape index (κ1) is 34.2. The van der Waals surface area contributed by atoms with Crippen LogP contribution in [0.15, 0.2) is 78.9 Å². The zero-order valence-corrected chi connectivity index (χ0v) is 26.8. The third-order valence-electron chi connectivity index (χ3n) is 8.86. The van der Waals surface area contributed by atoms with E-state index in [2.05, 4.69) is 24.0 Å². The van der Waals surface area contributed by atoms with Crippen molar-refractivity contribution < 1.29 is 27.5 Å². The van der Waals surface area contributed by atoms with E-state index in [4.69, 9.17) is 4.74 Å². The number of piperidine rings is 1. The topological polar surface area (TPSA) is 49.9 Å². The zero-order chi connectivity index (χ0) is 32.6. The van der Waals surface area contributed by atoms with Crippen LogP contribution >= 0.6 is 0 Å². The highest BCUT2D eigenvalue weighted by molar-refractivity contribution is 6.01. The number of rotatable bonds is 12. The van der Waals surface area contributed by atoms with E-state index in [9.17, 15) is 22.8 Å². The minimum Gasteiger partial charge on any atom is -0.463 e. The minimum atomic E-state index is -4.41. The van der Waals surface area contributed by atoms with E-state index >= 15 is 0 Å². The van der Waals surface area contributed by atoms with Gasteiger partial charge in [-0.3, -0.25) is 9.59 Å². The van der Waals surface area contributed by atoms with Gasteiger partial charge in [0.15, 0.2) is 0 Å². The van der Waals surface area contributed by atoms with Gasteiger partial charge in [-0.05, 0) is 87.9 Å². The quantitative estimate of drug-likeness (QED) is 0.191. The van der Waals surface area contributed by atoms with Gasteiger partial charge in [0.05, 0.1) is 18.1 Å². The summed E-state index contributed by atoms with van der Waals surface area (Å²) in [6.45, 7) is 11.0. The number of benzene rings is 3. The Morgan fingerprint density at radius 1 is 0.911 bits per heavy atom. The monoisotopic (exact) mass is 622 g/mol. The number of likely N-dealkylation sites (tertiary alicyclic amines) is 1. The number of amides is 1. The number of nitrogens with zero attached hydrogens (tertiary/aromatic N) is 2. The molecular formula is C37H45F3N2O3. The maximum absolute atomic E-state index is 13.8. The second-order valence-electron chi connectivity index (χ2n) is 12.5. The fourth-order valence-electron chi connectivity index (χ4n) is 6.43. The van der Waals surface area contributed by atoms with Crippen LogP contribution in [0.5, 0.6) is 0 Å². The lowest BCUT2D eigenvalue weighted by Gasteiger charge is -2.39. The number of hydrogen-bond donors (Lipinski definition) is 0. The molecule has 1 amide bonds. The summed E-state index contributed by atoms with van der Waals surface area (Å²) in [7, 11) is 0. The van der Waals surface area contributed by atoms with Gasteiger partial charge in [0.2, 0.25) is 0 Å². The first-order valence-electron chi connectivity index (χ1n) is 16.0. The van der Waals surface area contributed by atoms with E-state index in [-0.39, 0.29) is 29.4 Å². The number of halogens is 3. The Morgan fingerprint density at radius 2 is 1.53 bits per heavy atom. The first-order valence-corrected chi connectivity index (χ1v) is 16.0. The number of carbonyl (C=O) groups is 2. The molecule has 8 heteroatoms. The molecule has 5 nitrogen and oxygen atoms in total. The van der Waals surface area contributed by atoms with Crippen molar-refractivity contribution in [1.29, 1.82) is 0 Å². The standard InChI is InChI=1S/C37H45F3N2O3/c1-5-42(35(44)33-15-10-9-14-32(33)28-16-18-30(19-17-28)37(38,39)40)31-20-24-41(25-21-31)23-11-22-36(4,26-34(43)45-27(2)3)29-12-7-6-8-13-29/h6-10,12-19,27,31H,5,11,20-26H2,1-4H3. The highest BCUT2D eigenvalue weighted by Gasteiger charge is 2.33. The molecule has 1 unspecified atom stereocenters. The molecule has 0 aromatic heterocycles. The largest absolute Gasteiger partial charge is 0.463 e. The normalized spacial score (nSPS) is 15.9. The van der Waals surface area contributed by atoms with Crippen molar-refractivity contribution in [3.63, 3.8) is 0 Å². The van der Waals surface area contributed by atoms with Gasteiger partial charge in [0.25, 0.3) is 5.91 Å². The summed E-state index contributed by atoms with van der Waals surface area (Å²) in [5, 5.41) is 0. The van der Waals surface area contributed by atoms with Crippen LogP contribution in [0.2, 0.25) is 0 Å². The molecule has 242 valence electrons. The highest BCUT2D eigenvalue weighted by atomic mass is 19.4. The molecule has 1 aliphatic heterocycles. The van der Waals surface area contributed by atoms with Gasteiger partial charge in [-0.15, -0.1) is 0 Å². The average molecular weight is 623 g/mol. The molecule has 0 bridgehead atoms. The second-order valence-corrected chi connectivity index (χ2v) is 12.5. The Balaban J connectivity index is 1.36. The number of alkyl halides is 3. The molecule has 45 heavy (non-hydrogen) atoms. The molecule has 0 radical (unpaired) electrons.